The first-order valence-electron chi connectivity index (χ1n) is 11.4. The Balaban J connectivity index is 1.40. The fourth-order valence-corrected chi connectivity index (χ4v) is 6.19. The second-order valence-corrected chi connectivity index (χ2v) is 10.9. The Bertz CT molecular complexity index is 958. The van der Waals surface area contributed by atoms with Gasteiger partial charge in [0, 0.05) is 12.6 Å². The van der Waals surface area contributed by atoms with Gasteiger partial charge in [0.05, 0.1) is 49.9 Å². The number of nitrogens with one attached hydrogen (secondary N) is 1. The van der Waals surface area contributed by atoms with E-state index in [9.17, 15) is 23.4 Å². The highest BCUT2D eigenvalue weighted by molar-refractivity contribution is 7.89. The highest BCUT2D eigenvalue weighted by Crippen LogP contribution is 2.39. The molecule has 190 valence electrons. The maximum absolute atomic E-state index is 13.3. The van der Waals surface area contributed by atoms with Crippen molar-refractivity contribution in [3.63, 3.8) is 0 Å². The van der Waals surface area contributed by atoms with Crippen LogP contribution in [0.3, 0.4) is 0 Å². The molecule has 0 radical (unpaired) electrons. The van der Waals surface area contributed by atoms with E-state index in [1.807, 2.05) is 6.92 Å². The molecule has 0 aromatic heterocycles. The Hall–Kier alpha value is -1.96. The molecule has 3 aliphatic rings. The van der Waals surface area contributed by atoms with Crippen molar-refractivity contribution in [3.8, 4) is 5.75 Å². The number of carbonyl (C=O) groups is 1. The van der Waals surface area contributed by atoms with E-state index in [0.29, 0.717) is 25.2 Å². The van der Waals surface area contributed by atoms with Crippen LogP contribution in [0.25, 0.3) is 0 Å². The van der Waals surface area contributed by atoms with Gasteiger partial charge >= 0.3 is 6.09 Å². The van der Waals surface area contributed by atoms with Crippen LogP contribution in [0.15, 0.2) is 29.2 Å². The molecule has 34 heavy (non-hydrogen) atoms. The molecular weight excluding hydrogens is 468 g/mol. The van der Waals surface area contributed by atoms with Crippen molar-refractivity contribution in [3.05, 3.63) is 24.3 Å². The summed E-state index contributed by atoms with van der Waals surface area (Å²) in [5, 5.41) is 23.0. The van der Waals surface area contributed by atoms with Gasteiger partial charge in [-0.3, -0.25) is 0 Å². The highest BCUT2D eigenvalue weighted by Gasteiger charge is 2.46. The number of fused-ring (bicyclic) bond motifs is 1. The van der Waals surface area contributed by atoms with Gasteiger partial charge in [-0.05, 0) is 43.0 Å². The normalized spacial score (nSPS) is 30.0. The number of methoxy groups -OCH3 is 1. The molecule has 1 amide bonds. The molecule has 2 saturated heterocycles. The Morgan fingerprint density at radius 3 is 2.62 bits per heavy atom. The fraction of sp³-hybridized carbons (Fsp3) is 0.682. The third kappa shape index (κ3) is 5.31. The molecule has 11 nitrogen and oxygen atoms in total. The number of benzene rings is 1. The maximum Gasteiger partial charge on any atom is 0.407 e. The molecule has 2 aliphatic heterocycles. The summed E-state index contributed by atoms with van der Waals surface area (Å²) in [6.45, 7) is 1.79. The molecule has 1 aliphatic carbocycles. The van der Waals surface area contributed by atoms with Crippen molar-refractivity contribution in [1.82, 2.24) is 9.62 Å². The number of hydrogen-bond acceptors (Lipinski definition) is 9. The number of sulfonamides is 1. The number of amides is 1. The third-order valence-corrected chi connectivity index (χ3v) is 8.58. The SMILES string of the molecule is COc1ccc(S(=O)(=O)N(C[C@@H](O)[C@H](CO)NC(=O)O[C@H]2CO[C@H]3OCC[C@H]32)C2CC2C)cc1. The van der Waals surface area contributed by atoms with Crippen molar-refractivity contribution in [1.29, 1.82) is 0 Å². The summed E-state index contributed by atoms with van der Waals surface area (Å²) in [5.41, 5.74) is 0. The smallest absolute Gasteiger partial charge is 0.407 e. The number of carbonyl (C=O) groups excluding carboxylic acids is 1. The third-order valence-electron chi connectivity index (χ3n) is 6.68. The Morgan fingerprint density at radius 1 is 1.29 bits per heavy atom. The van der Waals surface area contributed by atoms with Crippen LogP contribution in [-0.4, -0.2) is 93.1 Å². The van der Waals surface area contributed by atoms with Gasteiger partial charge in [-0.25, -0.2) is 13.2 Å². The number of nitrogens with zero attached hydrogens (tertiary/aromatic N) is 1. The topological polar surface area (TPSA) is 144 Å². The number of aliphatic hydroxyl groups excluding tert-OH is 2. The molecule has 1 aromatic rings. The molecule has 1 saturated carbocycles. The van der Waals surface area contributed by atoms with E-state index in [4.69, 9.17) is 18.9 Å². The van der Waals surface area contributed by atoms with E-state index >= 15 is 0 Å². The zero-order valence-electron chi connectivity index (χ0n) is 19.2. The lowest BCUT2D eigenvalue weighted by Crippen LogP contribution is -2.52. The summed E-state index contributed by atoms with van der Waals surface area (Å²) in [7, 11) is -2.44. The first-order chi connectivity index (χ1) is 16.2. The van der Waals surface area contributed by atoms with E-state index < -0.39 is 41.0 Å². The van der Waals surface area contributed by atoms with Gasteiger partial charge in [-0.1, -0.05) is 6.92 Å². The summed E-state index contributed by atoms with van der Waals surface area (Å²) < 4.78 is 49.3. The van der Waals surface area contributed by atoms with Crippen molar-refractivity contribution >= 4 is 16.1 Å². The minimum atomic E-state index is -3.93. The number of ether oxygens (including phenoxy) is 4. The molecule has 0 spiro atoms. The van der Waals surface area contributed by atoms with Gasteiger partial charge in [-0.15, -0.1) is 0 Å². The van der Waals surface area contributed by atoms with Gasteiger partial charge in [0.15, 0.2) is 6.29 Å². The minimum absolute atomic E-state index is 0.0512. The zero-order valence-corrected chi connectivity index (χ0v) is 20.0. The van der Waals surface area contributed by atoms with Crippen LogP contribution in [0.5, 0.6) is 5.75 Å². The number of hydrogen-bond donors (Lipinski definition) is 3. The van der Waals surface area contributed by atoms with Crippen LogP contribution in [0.1, 0.15) is 19.8 Å². The van der Waals surface area contributed by atoms with Gasteiger partial charge in [0.1, 0.15) is 11.9 Å². The molecule has 2 heterocycles. The van der Waals surface area contributed by atoms with Crippen molar-refractivity contribution in [2.24, 2.45) is 11.8 Å². The van der Waals surface area contributed by atoms with Crippen LogP contribution in [0, 0.1) is 11.8 Å². The lowest BCUT2D eigenvalue weighted by molar-refractivity contribution is -0.0907. The van der Waals surface area contributed by atoms with Gasteiger partial charge in [0.25, 0.3) is 0 Å². The van der Waals surface area contributed by atoms with E-state index in [2.05, 4.69) is 5.32 Å². The number of rotatable bonds is 10. The van der Waals surface area contributed by atoms with Gasteiger partial charge in [-0.2, -0.15) is 4.31 Å². The minimum Gasteiger partial charge on any atom is -0.497 e. The van der Waals surface area contributed by atoms with Gasteiger partial charge < -0.3 is 34.5 Å². The van der Waals surface area contributed by atoms with Crippen LogP contribution in [0.4, 0.5) is 4.79 Å². The van der Waals surface area contributed by atoms with Crippen LogP contribution in [0.2, 0.25) is 0 Å². The average Bonchev–Trinajstić information content (AvgIpc) is 3.19. The lowest BCUT2D eigenvalue weighted by Gasteiger charge is -2.29. The molecule has 0 bridgehead atoms. The van der Waals surface area contributed by atoms with Crippen LogP contribution >= 0.6 is 0 Å². The number of alkyl carbamates (subject to hydrolysis) is 1. The number of aliphatic hydroxyl groups is 2. The second-order valence-electron chi connectivity index (χ2n) is 9.00. The molecule has 12 heteroatoms. The predicted molar refractivity (Wildman–Crippen MR) is 119 cm³/mol. The highest BCUT2D eigenvalue weighted by atomic mass is 32.2. The summed E-state index contributed by atoms with van der Waals surface area (Å²) >= 11 is 0. The molecule has 3 N–H and O–H groups in total. The Labute approximate surface area is 199 Å². The molecule has 1 aromatic carbocycles. The Kier molecular flexibility index (Phi) is 7.65. The maximum atomic E-state index is 13.3. The summed E-state index contributed by atoms with van der Waals surface area (Å²) in [6.07, 6.45) is -1.66. The van der Waals surface area contributed by atoms with E-state index in [0.717, 1.165) is 0 Å². The second kappa shape index (κ2) is 10.3. The monoisotopic (exact) mass is 500 g/mol. The van der Waals surface area contributed by atoms with E-state index in [1.165, 1.54) is 23.5 Å². The first kappa shape index (κ1) is 25.1. The van der Waals surface area contributed by atoms with Crippen LogP contribution < -0.4 is 10.1 Å². The predicted octanol–water partition coefficient (Wildman–Crippen LogP) is 0.304. The van der Waals surface area contributed by atoms with Gasteiger partial charge in [0.2, 0.25) is 10.0 Å². The average molecular weight is 501 g/mol. The zero-order chi connectivity index (χ0) is 24.5. The molecule has 4 rings (SSSR count). The Morgan fingerprint density at radius 2 is 2.00 bits per heavy atom. The summed E-state index contributed by atoms with van der Waals surface area (Å²) in [4.78, 5) is 12.5. The van der Waals surface area contributed by atoms with Crippen LogP contribution in [-0.2, 0) is 24.2 Å². The van der Waals surface area contributed by atoms with E-state index in [-0.39, 0.29) is 42.2 Å². The van der Waals surface area contributed by atoms with Crippen molar-refractivity contribution in [2.45, 2.75) is 55.2 Å². The first-order valence-corrected chi connectivity index (χ1v) is 12.8. The van der Waals surface area contributed by atoms with Crippen molar-refractivity contribution < 1.29 is 42.4 Å². The summed E-state index contributed by atoms with van der Waals surface area (Å²) in [6, 6.07) is 4.61. The fourth-order valence-electron chi connectivity index (χ4n) is 4.44. The van der Waals surface area contributed by atoms with Crippen molar-refractivity contribution in [2.75, 3.05) is 33.5 Å². The summed E-state index contributed by atoms with van der Waals surface area (Å²) in [5.74, 6) is 0.607. The molecule has 7 atom stereocenters. The molecular formula is C22H32N2O9S. The molecule has 2 unspecified atom stereocenters. The standard InChI is InChI=1S/C22H32N2O9S/c1-13-9-18(13)24(34(28,29)15-5-3-14(30-2)4-6-15)10-19(26)17(11-25)23-22(27)33-20-12-32-21-16(20)7-8-31-21/h3-6,13,16-21,25-26H,7-12H2,1-2H3,(H,23,27)/t13?,16-,17-,18?,19+,20-,21+/m0/s1. The lowest BCUT2D eigenvalue weighted by atomic mass is 10.0. The quantitative estimate of drug-likeness (QED) is 0.413. The molecule has 3 fully saturated rings. The van der Waals surface area contributed by atoms with E-state index in [1.54, 1.807) is 12.1 Å². The largest absolute Gasteiger partial charge is 0.497 e.